The highest BCUT2D eigenvalue weighted by molar-refractivity contribution is 7.82. The maximum Gasteiger partial charge on any atom is 0.200 e. The van der Waals surface area contributed by atoms with E-state index in [1.165, 1.54) is 0 Å². The van der Waals surface area contributed by atoms with Crippen LogP contribution in [-0.4, -0.2) is 25.1 Å². The zero-order chi connectivity index (χ0) is 13.3. The van der Waals surface area contributed by atoms with Crippen molar-refractivity contribution < 1.29 is 0 Å². The highest BCUT2D eigenvalue weighted by atomic mass is 32.1. The molecule has 0 bridgehead atoms. The minimum absolute atomic E-state index is 0.341. The lowest BCUT2D eigenvalue weighted by atomic mass is 10.1. The molecule has 0 atom stereocenters. The first-order chi connectivity index (χ1) is 8.45. The molecule has 2 rings (SSSR count). The largest absolute Gasteiger partial charge is 0.335 e. The molecule has 4 N–H and O–H groups in total. The maximum absolute atomic E-state index is 5.13. The summed E-state index contributed by atoms with van der Waals surface area (Å²) in [5.74, 6) is 0.610. The summed E-state index contributed by atoms with van der Waals surface area (Å²) >= 11 is 20.2. The van der Waals surface area contributed by atoms with E-state index in [0.717, 1.165) is 11.3 Å². The Balaban J connectivity index is 2.48. The molecule has 94 valence electrons. The van der Waals surface area contributed by atoms with E-state index in [-0.39, 0.29) is 0 Å². The molecule has 1 fully saturated rings. The number of nitrogens with one attached hydrogen (secondary N) is 4. The molecule has 0 saturated carbocycles. The van der Waals surface area contributed by atoms with Gasteiger partial charge in [0.25, 0.3) is 0 Å². The molecule has 1 aromatic rings. The molecule has 1 aliphatic rings. The van der Waals surface area contributed by atoms with Crippen LogP contribution in [0.25, 0.3) is 5.57 Å². The van der Waals surface area contributed by atoms with Gasteiger partial charge in [0.15, 0.2) is 9.88 Å². The molecule has 1 aliphatic heterocycles. The Bertz CT molecular complexity index is 622. The summed E-state index contributed by atoms with van der Waals surface area (Å²) in [6.07, 6.45) is 0.578. The van der Waals surface area contributed by atoms with Gasteiger partial charge in [-0.2, -0.15) is 0 Å². The summed E-state index contributed by atoms with van der Waals surface area (Å²) in [5, 5.41) is 6.42. The summed E-state index contributed by atoms with van der Waals surface area (Å²) in [4.78, 5) is 10.6. The van der Waals surface area contributed by atoms with Gasteiger partial charge in [0, 0.05) is 17.7 Å². The fraction of sp³-hybridized carbons (Fsp3) is 0.222. The van der Waals surface area contributed by atoms with Crippen LogP contribution in [0.2, 0.25) is 0 Å². The van der Waals surface area contributed by atoms with Gasteiger partial charge >= 0.3 is 0 Å². The van der Waals surface area contributed by atoms with Gasteiger partial charge in [-0.15, -0.1) is 0 Å². The number of hydrogen-bond donors (Lipinski definition) is 4. The number of aromatic amines is 2. The fourth-order valence-corrected chi connectivity index (χ4v) is 2.49. The molecule has 1 aromatic heterocycles. The molecule has 0 amide bonds. The van der Waals surface area contributed by atoms with E-state index in [9.17, 15) is 0 Å². The van der Waals surface area contributed by atoms with Crippen molar-refractivity contribution in [3.63, 3.8) is 0 Å². The Hall–Kier alpha value is -1.03. The molecule has 2 heterocycles. The van der Waals surface area contributed by atoms with E-state index in [1.807, 2.05) is 6.92 Å². The lowest BCUT2D eigenvalue weighted by molar-refractivity contribution is 0.946. The van der Waals surface area contributed by atoms with E-state index in [1.54, 1.807) is 0 Å². The van der Waals surface area contributed by atoms with Gasteiger partial charge in [0.2, 0.25) is 4.77 Å². The van der Waals surface area contributed by atoms with E-state index in [2.05, 4.69) is 25.6 Å². The summed E-state index contributed by atoms with van der Waals surface area (Å²) < 4.78 is 0.775. The first-order valence-corrected chi connectivity index (χ1v) is 6.60. The number of aromatic nitrogens is 3. The molecule has 0 spiro atoms. The van der Waals surface area contributed by atoms with Gasteiger partial charge in [0.1, 0.15) is 5.82 Å². The van der Waals surface area contributed by atoms with Gasteiger partial charge in [-0.3, -0.25) is 0 Å². The summed E-state index contributed by atoms with van der Waals surface area (Å²) in [6.45, 7) is 1.90. The van der Waals surface area contributed by atoms with Gasteiger partial charge in [0.05, 0.1) is 4.99 Å². The quantitative estimate of drug-likeness (QED) is 0.592. The predicted octanol–water partition coefficient (Wildman–Crippen LogP) is 2.12. The van der Waals surface area contributed by atoms with E-state index < -0.39 is 0 Å². The van der Waals surface area contributed by atoms with E-state index >= 15 is 0 Å². The Labute approximate surface area is 124 Å². The maximum atomic E-state index is 5.13. The van der Waals surface area contributed by atoms with Crippen molar-refractivity contribution in [2.24, 2.45) is 0 Å². The van der Waals surface area contributed by atoms with Gasteiger partial charge < -0.3 is 20.6 Å². The second-order valence-electron chi connectivity index (χ2n) is 3.63. The highest BCUT2D eigenvalue weighted by Gasteiger charge is 2.16. The predicted molar refractivity (Wildman–Crippen MR) is 83.3 cm³/mol. The minimum Gasteiger partial charge on any atom is -0.335 e. The number of rotatable bonds is 1. The molecular weight excluding hydrogens is 306 g/mol. The van der Waals surface area contributed by atoms with Crippen molar-refractivity contribution in [1.82, 2.24) is 25.6 Å². The minimum atomic E-state index is 0.341. The molecule has 1 saturated heterocycles. The standard InChI is InChI=1S/C9H9N5S4/c1-3(4-2-5(15)11-7(16)10-4)6-12-8(17)14-9(18)13-6/h2H2,1H3,(H2,10,11,15,16)(H2,12,13,14,17,18)/b4-3+. The van der Waals surface area contributed by atoms with Crippen molar-refractivity contribution in [1.29, 1.82) is 0 Å². The van der Waals surface area contributed by atoms with Gasteiger partial charge in [-0.25, -0.2) is 4.98 Å². The normalized spacial score (nSPS) is 18.1. The zero-order valence-corrected chi connectivity index (χ0v) is 12.6. The first-order valence-electron chi connectivity index (χ1n) is 4.97. The number of allylic oxidation sites excluding steroid dienone is 1. The van der Waals surface area contributed by atoms with Crippen molar-refractivity contribution in [2.75, 3.05) is 0 Å². The van der Waals surface area contributed by atoms with Crippen LogP contribution in [0.3, 0.4) is 0 Å². The third kappa shape index (κ3) is 3.05. The van der Waals surface area contributed by atoms with E-state index in [0.29, 0.717) is 31.9 Å². The lowest BCUT2D eigenvalue weighted by Crippen LogP contribution is -2.44. The first kappa shape index (κ1) is 13.4. The number of thiocarbonyl (C=S) groups is 2. The van der Waals surface area contributed by atoms with Crippen LogP contribution >= 0.6 is 48.9 Å². The van der Waals surface area contributed by atoms with Crippen molar-refractivity contribution in [3.8, 4) is 0 Å². The fourth-order valence-electron chi connectivity index (χ4n) is 1.48. The number of nitrogens with zero attached hydrogens (tertiary/aromatic N) is 1. The molecule has 0 aliphatic carbocycles. The SMILES string of the molecule is C/C(=C1/CC(=S)NC(=S)N1)c1nc(=S)[nH]c(=S)[nH]1. The third-order valence-electron chi connectivity index (χ3n) is 2.33. The van der Waals surface area contributed by atoms with Crippen LogP contribution < -0.4 is 10.6 Å². The van der Waals surface area contributed by atoms with E-state index in [4.69, 9.17) is 48.9 Å². The van der Waals surface area contributed by atoms with Crippen LogP contribution in [0, 0.1) is 9.54 Å². The van der Waals surface area contributed by atoms with Crippen LogP contribution in [0.1, 0.15) is 19.2 Å². The summed E-state index contributed by atoms with van der Waals surface area (Å²) in [6, 6.07) is 0. The number of hydrogen-bond acceptors (Lipinski definition) is 5. The lowest BCUT2D eigenvalue weighted by Gasteiger charge is -2.22. The monoisotopic (exact) mass is 315 g/mol. The third-order valence-corrected chi connectivity index (χ3v) is 3.18. The molecule has 0 radical (unpaired) electrons. The van der Waals surface area contributed by atoms with Crippen LogP contribution in [0.15, 0.2) is 5.70 Å². The molecular formula is C9H9N5S4. The highest BCUT2D eigenvalue weighted by Crippen LogP contribution is 2.17. The summed E-state index contributed by atoms with van der Waals surface area (Å²) in [5.41, 5.74) is 1.77. The zero-order valence-electron chi connectivity index (χ0n) is 9.29. The Morgan fingerprint density at radius 3 is 2.44 bits per heavy atom. The average molecular weight is 315 g/mol. The Morgan fingerprint density at radius 2 is 1.83 bits per heavy atom. The molecule has 9 heteroatoms. The van der Waals surface area contributed by atoms with Crippen molar-refractivity contribution in [3.05, 3.63) is 21.1 Å². The topological polar surface area (TPSA) is 68.5 Å². The molecule has 0 unspecified atom stereocenters. The van der Waals surface area contributed by atoms with Gasteiger partial charge in [-0.1, -0.05) is 12.2 Å². The van der Waals surface area contributed by atoms with Crippen molar-refractivity contribution >= 4 is 64.5 Å². The Morgan fingerprint density at radius 1 is 1.11 bits per heavy atom. The second kappa shape index (κ2) is 5.31. The number of H-pyrrole nitrogens is 2. The molecule has 5 nitrogen and oxygen atoms in total. The Kier molecular flexibility index (Phi) is 3.95. The average Bonchev–Trinajstić information content (AvgIpc) is 2.25. The van der Waals surface area contributed by atoms with Crippen LogP contribution in [0.5, 0.6) is 0 Å². The summed E-state index contributed by atoms with van der Waals surface area (Å²) in [7, 11) is 0. The van der Waals surface area contributed by atoms with Crippen LogP contribution in [-0.2, 0) is 0 Å². The molecule has 0 aromatic carbocycles. The van der Waals surface area contributed by atoms with Crippen molar-refractivity contribution in [2.45, 2.75) is 13.3 Å². The van der Waals surface area contributed by atoms with Gasteiger partial charge in [-0.05, 0) is 43.6 Å². The van der Waals surface area contributed by atoms with Crippen LogP contribution in [0.4, 0.5) is 0 Å². The smallest absolute Gasteiger partial charge is 0.200 e. The second-order valence-corrected chi connectivity index (χ2v) is 5.32. The molecule has 18 heavy (non-hydrogen) atoms.